The van der Waals surface area contributed by atoms with Crippen LogP contribution in [0.25, 0.3) is 0 Å². The molecule has 122 valence electrons. The van der Waals surface area contributed by atoms with E-state index in [0.717, 1.165) is 28.2 Å². The van der Waals surface area contributed by atoms with Crippen LogP contribution in [-0.4, -0.2) is 14.2 Å². The topological polar surface area (TPSA) is 18.5 Å². The first-order valence-electron chi connectivity index (χ1n) is 7.72. The summed E-state index contributed by atoms with van der Waals surface area (Å²) in [6.45, 7) is 0. The van der Waals surface area contributed by atoms with Crippen LogP contribution < -0.4 is 9.47 Å². The highest BCUT2D eigenvalue weighted by molar-refractivity contribution is 6.28. The molecule has 0 fully saturated rings. The molecule has 0 N–H and O–H groups in total. The minimum atomic E-state index is -0.804. The van der Waals surface area contributed by atoms with Crippen LogP contribution >= 0.6 is 11.6 Å². The lowest BCUT2D eigenvalue weighted by Gasteiger charge is -2.29. The van der Waals surface area contributed by atoms with Crippen molar-refractivity contribution < 1.29 is 9.47 Å². The molecule has 0 saturated carbocycles. The molecule has 1 atom stereocenters. The normalized spacial score (nSPS) is 13.1. The van der Waals surface area contributed by atoms with E-state index in [9.17, 15) is 0 Å². The minimum Gasteiger partial charge on any atom is -0.497 e. The van der Waals surface area contributed by atoms with Crippen molar-refractivity contribution in [2.24, 2.45) is 0 Å². The third-order valence-corrected chi connectivity index (χ3v) is 4.78. The number of alkyl halides is 1. The van der Waals surface area contributed by atoms with E-state index in [1.165, 1.54) is 0 Å². The van der Waals surface area contributed by atoms with E-state index in [2.05, 4.69) is 0 Å². The number of rotatable bonds is 5. The van der Waals surface area contributed by atoms with Crippen LogP contribution in [0.15, 0.2) is 78.9 Å². The molecular formula is C21H19ClO2. The Labute approximate surface area is 147 Å². The average Bonchev–Trinajstić information content (AvgIpc) is 2.68. The van der Waals surface area contributed by atoms with Crippen molar-refractivity contribution in [3.63, 3.8) is 0 Å². The van der Waals surface area contributed by atoms with Crippen molar-refractivity contribution >= 4 is 11.6 Å². The number of methoxy groups -OCH3 is 2. The summed E-state index contributed by atoms with van der Waals surface area (Å²) >= 11 is 7.24. The Bertz CT molecular complexity index is 800. The number of ether oxygens (including phenoxy) is 2. The predicted octanol–water partition coefficient (Wildman–Crippen LogP) is 5.23. The van der Waals surface area contributed by atoms with Crippen molar-refractivity contribution in [1.29, 1.82) is 0 Å². The smallest absolute Gasteiger partial charge is 0.120 e. The number of hydrogen-bond donors (Lipinski definition) is 0. The number of benzene rings is 3. The van der Waals surface area contributed by atoms with Gasteiger partial charge in [-0.3, -0.25) is 0 Å². The lowest BCUT2D eigenvalue weighted by atomic mass is 9.84. The highest BCUT2D eigenvalue weighted by atomic mass is 35.5. The molecule has 0 bridgehead atoms. The Balaban J connectivity index is 2.20. The van der Waals surface area contributed by atoms with Crippen molar-refractivity contribution in [2.75, 3.05) is 14.2 Å². The third kappa shape index (κ3) is 2.98. The second-order valence-electron chi connectivity index (χ2n) is 5.48. The minimum absolute atomic E-state index is 0.780. The molecule has 2 nitrogen and oxygen atoms in total. The van der Waals surface area contributed by atoms with Crippen molar-refractivity contribution in [3.05, 3.63) is 95.6 Å². The summed E-state index contributed by atoms with van der Waals surface area (Å²) in [4.78, 5) is -0.804. The molecule has 3 aromatic carbocycles. The second-order valence-corrected chi connectivity index (χ2v) is 6.05. The van der Waals surface area contributed by atoms with Crippen molar-refractivity contribution in [2.45, 2.75) is 4.87 Å². The summed E-state index contributed by atoms with van der Waals surface area (Å²) in [5.41, 5.74) is 2.94. The fraction of sp³-hybridized carbons (Fsp3) is 0.143. The van der Waals surface area contributed by atoms with Gasteiger partial charge in [-0.25, -0.2) is 0 Å². The summed E-state index contributed by atoms with van der Waals surface area (Å²) in [5.74, 6) is 1.58. The molecule has 0 aliphatic rings. The summed E-state index contributed by atoms with van der Waals surface area (Å²) in [7, 11) is 3.31. The first-order valence-corrected chi connectivity index (χ1v) is 8.10. The van der Waals surface area contributed by atoms with Gasteiger partial charge in [0.1, 0.15) is 16.4 Å². The van der Waals surface area contributed by atoms with Crippen LogP contribution in [0.1, 0.15) is 16.7 Å². The van der Waals surface area contributed by atoms with E-state index in [-0.39, 0.29) is 0 Å². The van der Waals surface area contributed by atoms with E-state index in [1.807, 2.05) is 78.9 Å². The molecule has 0 aliphatic heterocycles. The summed E-state index contributed by atoms with van der Waals surface area (Å²) in [6.07, 6.45) is 0. The van der Waals surface area contributed by atoms with Crippen LogP contribution in [0.3, 0.4) is 0 Å². The predicted molar refractivity (Wildman–Crippen MR) is 98.2 cm³/mol. The number of halogens is 1. The molecule has 0 spiro atoms. The van der Waals surface area contributed by atoms with E-state index >= 15 is 0 Å². The number of hydrogen-bond acceptors (Lipinski definition) is 2. The van der Waals surface area contributed by atoms with E-state index in [4.69, 9.17) is 21.1 Å². The molecule has 24 heavy (non-hydrogen) atoms. The lowest BCUT2D eigenvalue weighted by molar-refractivity contribution is 0.413. The highest BCUT2D eigenvalue weighted by Gasteiger charge is 2.34. The van der Waals surface area contributed by atoms with Crippen molar-refractivity contribution in [1.82, 2.24) is 0 Å². The van der Waals surface area contributed by atoms with Gasteiger partial charge in [-0.1, -0.05) is 54.6 Å². The van der Waals surface area contributed by atoms with Crippen LogP contribution in [0.4, 0.5) is 0 Å². The average molecular weight is 339 g/mol. The standard InChI is InChI=1S/C21H19ClO2/c1-23-19-13-11-17(12-14-19)21(22,16-7-4-3-5-8-16)18-9-6-10-20(15-18)24-2/h3-15H,1-2H3. The highest BCUT2D eigenvalue weighted by Crippen LogP contribution is 2.44. The molecule has 3 aromatic rings. The van der Waals surface area contributed by atoms with Gasteiger partial charge in [0.25, 0.3) is 0 Å². The monoisotopic (exact) mass is 338 g/mol. The Kier molecular flexibility index (Phi) is 4.77. The third-order valence-electron chi connectivity index (χ3n) is 4.13. The zero-order valence-corrected chi connectivity index (χ0v) is 14.5. The van der Waals surface area contributed by atoms with Gasteiger partial charge < -0.3 is 9.47 Å². The fourth-order valence-electron chi connectivity index (χ4n) is 2.83. The zero-order valence-electron chi connectivity index (χ0n) is 13.7. The van der Waals surface area contributed by atoms with Gasteiger partial charge in [-0.2, -0.15) is 0 Å². The summed E-state index contributed by atoms with van der Waals surface area (Å²) in [6, 6.07) is 25.8. The Morgan fingerprint density at radius 1 is 0.625 bits per heavy atom. The quantitative estimate of drug-likeness (QED) is 0.468. The van der Waals surface area contributed by atoms with Crippen LogP contribution in [0.5, 0.6) is 11.5 Å². The van der Waals surface area contributed by atoms with Gasteiger partial charge >= 0.3 is 0 Å². The lowest BCUT2D eigenvalue weighted by Crippen LogP contribution is -2.22. The van der Waals surface area contributed by atoms with E-state index in [0.29, 0.717) is 0 Å². The molecular weight excluding hydrogens is 320 g/mol. The van der Waals surface area contributed by atoms with Gasteiger partial charge in [0.2, 0.25) is 0 Å². The molecule has 0 radical (unpaired) electrons. The first-order chi connectivity index (χ1) is 11.7. The van der Waals surface area contributed by atoms with Gasteiger partial charge in [-0.05, 0) is 41.0 Å². The van der Waals surface area contributed by atoms with Crippen LogP contribution in [-0.2, 0) is 4.87 Å². The largest absolute Gasteiger partial charge is 0.497 e. The molecule has 3 rings (SSSR count). The maximum atomic E-state index is 7.24. The molecule has 0 aliphatic carbocycles. The van der Waals surface area contributed by atoms with E-state index in [1.54, 1.807) is 14.2 Å². The maximum absolute atomic E-state index is 7.24. The fourth-order valence-corrected chi connectivity index (χ4v) is 3.20. The van der Waals surface area contributed by atoms with Crippen molar-refractivity contribution in [3.8, 4) is 11.5 Å². The molecule has 0 aromatic heterocycles. The Morgan fingerprint density at radius 3 is 1.83 bits per heavy atom. The Morgan fingerprint density at radius 2 is 1.21 bits per heavy atom. The molecule has 3 heteroatoms. The van der Waals surface area contributed by atoms with Gasteiger partial charge in [0.15, 0.2) is 0 Å². The van der Waals surface area contributed by atoms with Gasteiger partial charge in [-0.15, -0.1) is 11.6 Å². The molecule has 0 amide bonds. The van der Waals surface area contributed by atoms with Gasteiger partial charge in [0, 0.05) is 0 Å². The Hall–Kier alpha value is -2.45. The van der Waals surface area contributed by atoms with Gasteiger partial charge in [0.05, 0.1) is 14.2 Å². The maximum Gasteiger partial charge on any atom is 0.120 e. The zero-order chi connectivity index (χ0) is 17.0. The van der Waals surface area contributed by atoms with Crippen LogP contribution in [0.2, 0.25) is 0 Å². The summed E-state index contributed by atoms with van der Waals surface area (Å²) in [5, 5.41) is 0. The van der Waals surface area contributed by atoms with E-state index < -0.39 is 4.87 Å². The molecule has 0 heterocycles. The second kappa shape index (κ2) is 6.98. The summed E-state index contributed by atoms with van der Waals surface area (Å²) < 4.78 is 10.6. The molecule has 1 unspecified atom stereocenters. The SMILES string of the molecule is COc1ccc(C(Cl)(c2ccccc2)c2cccc(OC)c2)cc1. The van der Waals surface area contributed by atoms with Crippen LogP contribution in [0, 0.1) is 0 Å². The first kappa shape index (κ1) is 16.4. The molecule has 0 saturated heterocycles.